The van der Waals surface area contributed by atoms with E-state index in [1.165, 1.54) is 12.1 Å². The average molecular weight is 288 g/mol. The van der Waals surface area contributed by atoms with E-state index in [4.69, 9.17) is 9.84 Å². The molecule has 0 amide bonds. The second kappa shape index (κ2) is 8.20. The van der Waals surface area contributed by atoms with Crippen LogP contribution in [0, 0.1) is 0 Å². The Kier molecular flexibility index (Phi) is 6.60. The summed E-state index contributed by atoms with van der Waals surface area (Å²) in [7, 11) is 0. The summed E-state index contributed by atoms with van der Waals surface area (Å²) < 4.78 is 5.41. The Hall–Kier alpha value is -2.16. The Balaban J connectivity index is 0.000000211. The Morgan fingerprint density at radius 2 is 1.48 bits per heavy atom. The molecule has 2 aromatic rings. The molecule has 0 atom stereocenters. The van der Waals surface area contributed by atoms with E-state index in [-0.39, 0.29) is 23.5 Å². The van der Waals surface area contributed by atoms with E-state index in [0.717, 1.165) is 11.3 Å². The number of benzene rings is 2. The highest BCUT2D eigenvalue weighted by molar-refractivity contribution is 5.40. The second-order valence-corrected chi connectivity index (χ2v) is 5.38. The molecule has 0 spiro atoms. The molecule has 0 aliphatic carbocycles. The van der Waals surface area contributed by atoms with Gasteiger partial charge in [0.2, 0.25) is 0 Å². The molecular formula is C18H24O3. The Labute approximate surface area is 126 Å². The average Bonchev–Trinajstić information content (AvgIpc) is 2.42. The van der Waals surface area contributed by atoms with Crippen molar-refractivity contribution >= 4 is 0 Å². The van der Waals surface area contributed by atoms with Crippen molar-refractivity contribution in [2.24, 2.45) is 0 Å². The SMILES string of the molecule is CC(C)Oc1ccccc1.CC(C)c1cc(O)ccc1O. The van der Waals surface area contributed by atoms with Gasteiger partial charge >= 0.3 is 0 Å². The first-order valence-electron chi connectivity index (χ1n) is 7.13. The first kappa shape index (κ1) is 16.9. The standard InChI is InChI=1S/C9H12O2.C9H12O/c1-6(2)8-5-7(10)3-4-9(8)11;1-8(2)10-9-6-4-3-5-7-9/h3-6,10-11H,1-2H3;3-8H,1-2H3. The zero-order valence-electron chi connectivity index (χ0n) is 13.1. The lowest BCUT2D eigenvalue weighted by atomic mass is 10.0. The van der Waals surface area contributed by atoms with Crippen LogP contribution in [0.1, 0.15) is 39.2 Å². The van der Waals surface area contributed by atoms with Gasteiger partial charge in [-0.15, -0.1) is 0 Å². The van der Waals surface area contributed by atoms with Crippen molar-refractivity contribution in [2.45, 2.75) is 39.7 Å². The van der Waals surface area contributed by atoms with E-state index in [2.05, 4.69) is 0 Å². The number of hydrogen-bond donors (Lipinski definition) is 2. The number of phenolic OH excluding ortho intramolecular Hbond substituents is 2. The van der Waals surface area contributed by atoms with Gasteiger partial charge in [0.1, 0.15) is 17.2 Å². The van der Waals surface area contributed by atoms with Crippen LogP contribution in [0.4, 0.5) is 0 Å². The third-order valence-corrected chi connectivity index (χ3v) is 2.75. The van der Waals surface area contributed by atoms with Crippen molar-refractivity contribution in [1.82, 2.24) is 0 Å². The molecule has 0 aliphatic rings. The monoisotopic (exact) mass is 288 g/mol. The normalized spacial score (nSPS) is 10.2. The van der Waals surface area contributed by atoms with Gasteiger partial charge in [-0.1, -0.05) is 32.0 Å². The van der Waals surface area contributed by atoms with Gasteiger partial charge in [0.15, 0.2) is 0 Å². The quantitative estimate of drug-likeness (QED) is 0.805. The van der Waals surface area contributed by atoms with Crippen molar-refractivity contribution in [3.63, 3.8) is 0 Å². The Morgan fingerprint density at radius 1 is 0.857 bits per heavy atom. The molecule has 21 heavy (non-hydrogen) atoms. The summed E-state index contributed by atoms with van der Waals surface area (Å²) in [6.07, 6.45) is 0.266. The molecule has 114 valence electrons. The molecule has 0 fully saturated rings. The maximum atomic E-state index is 9.29. The molecule has 2 rings (SSSR count). The fourth-order valence-electron chi connectivity index (χ4n) is 1.78. The molecule has 0 saturated carbocycles. The lowest BCUT2D eigenvalue weighted by Gasteiger charge is -2.07. The first-order chi connectivity index (χ1) is 9.90. The van der Waals surface area contributed by atoms with Crippen molar-refractivity contribution in [2.75, 3.05) is 0 Å². The Bertz CT molecular complexity index is 533. The smallest absolute Gasteiger partial charge is 0.119 e. The van der Waals surface area contributed by atoms with Gasteiger partial charge in [0.25, 0.3) is 0 Å². The predicted octanol–water partition coefficient (Wildman–Crippen LogP) is 4.70. The second-order valence-electron chi connectivity index (χ2n) is 5.38. The summed E-state index contributed by atoms with van der Waals surface area (Å²) in [5.74, 6) is 1.63. The molecule has 0 radical (unpaired) electrons. The Morgan fingerprint density at radius 3 is 1.95 bits per heavy atom. The number of hydrogen-bond acceptors (Lipinski definition) is 3. The van der Waals surface area contributed by atoms with Crippen LogP contribution in [0.3, 0.4) is 0 Å². The third-order valence-electron chi connectivity index (χ3n) is 2.75. The van der Waals surface area contributed by atoms with Crippen molar-refractivity contribution in [3.05, 3.63) is 54.1 Å². The molecule has 0 saturated heterocycles. The minimum atomic E-state index is 0.200. The minimum absolute atomic E-state index is 0.200. The topological polar surface area (TPSA) is 49.7 Å². The van der Waals surface area contributed by atoms with Crippen molar-refractivity contribution < 1.29 is 14.9 Å². The molecule has 0 unspecified atom stereocenters. The summed E-state index contributed by atoms with van der Waals surface area (Å²) in [5.41, 5.74) is 0.782. The number of rotatable bonds is 3. The van der Waals surface area contributed by atoms with Crippen LogP contribution < -0.4 is 4.74 Å². The third kappa shape index (κ3) is 6.21. The highest BCUT2D eigenvalue weighted by Crippen LogP contribution is 2.28. The van der Waals surface area contributed by atoms with Crippen LogP contribution in [0.15, 0.2) is 48.5 Å². The summed E-state index contributed by atoms with van der Waals surface area (Å²) >= 11 is 0. The van der Waals surface area contributed by atoms with Gasteiger partial charge < -0.3 is 14.9 Å². The van der Waals surface area contributed by atoms with E-state index in [0.29, 0.717) is 0 Å². The molecule has 0 heterocycles. The van der Waals surface area contributed by atoms with Gasteiger partial charge in [-0.3, -0.25) is 0 Å². The largest absolute Gasteiger partial charge is 0.508 e. The van der Waals surface area contributed by atoms with Gasteiger partial charge in [0.05, 0.1) is 6.10 Å². The summed E-state index contributed by atoms with van der Waals surface area (Å²) in [6.45, 7) is 7.98. The molecule has 0 aliphatic heterocycles. The predicted molar refractivity (Wildman–Crippen MR) is 86.1 cm³/mol. The van der Waals surface area contributed by atoms with Crippen LogP contribution in [-0.4, -0.2) is 16.3 Å². The van der Waals surface area contributed by atoms with Crippen LogP contribution in [0.5, 0.6) is 17.2 Å². The van der Waals surface area contributed by atoms with E-state index < -0.39 is 0 Å². The van der Waals surface area contributed by atoms with Crippen molar-refractivity contribution in [1.29, 1.82) is 0 Å². The first-order valence-corrected chi connectivity index (χ1v) is 7.13. The molecule has 3 heteroatoms. The number of aromatic hydroxyl groups is 2. The van der Waals surface area contributed by atoms with Crippen LogP contribution in [0.2, 0.25) is 0 Å². The zero-order chi connectivity index (χ0) is 15.8. The molecule has 2 N–H and O–H groups in total. The van der Waals surface area contributed by atoms with Gasteiger partial charge in [0, 0.05) is 5.56 Å². The van der Waals surface area contributed by atoms with E-state index in [1.54, 1.807) is 6.07 Å². The molecule has 2 aromatic carbocycles. The highest BCUT2D eigenvalue weighted by Gasteiger charge is 2.05. The lowest BCUT2D eigenvalue weighted by molar-refractivity contribution is 0.242. The summed E-state index contributed by atoms with van der Waals surface area (Å²) in [6, 6.07) is 14.4. The molecule has 0 bridgehead atoms. The lowest BCUT2D eigenvalue weighted by Crippen LogP contribution is -2.04. The van der Waals surface area contributed by atoms with Crippen LogP contribution >= 0.6 is 0 Å². The van der Waals surface area contributed by atoms with E-state index in [9.17, 15) is 5.11 Å². The van der Waals surface area contributed by atoms with Gasteiger partial charge in [-0.05, 0) is 50.1 Å². The highest BCUT2D eigenvalue weighted by atomic mass is 16.5. The van der Waals surface area contributed by atoms with Crippen LogP contribution in [-0.2, 0) is 0 Å². The number of ether oxygens (including phenoxy) is 1. The fraction of sp³-hybridized carbons (Fsp3) is 0.333. The zero-order valence-corrected chi connectivity index (χ0v) is 13.1. The van der Waals surface area contributed by atoms with E-state index in [1.807, 2.05) is 58.0 Å². The molecular weight excluding hydrogens is 264 g/mol. The summed E-state index contributed by atoms with van der Waals surface area (Å²) in [4.78, 5) is 0. The molecule has 3 nitrogen and oxygen atoms in total. The maximum Gasteiger partial charge on any atom is 0.119 e. The summed E-state index contributed by atoms with van der Waals surface area (Å²) in [5, 5.41) is 18.4. The number of para-hydroxylation sites is 1. The fourth-order valence-corrected chi connectivity index (χ4v) is 1.78. The van der Waals surface area contributed by atoms with Gasteiger partial charge in [-0.25, -0.2) is 0 Å². The molecule has 0 aromatic heterocycles. The van der Waals surface area contributed by atoms with Gasteiger partial charge in [-0.2, -0.15) is 0 Å². The van der Waals surface area contributed by atoms with E-state index >= 15 is 0 Å². The van der Waals surface area contributed by atoms with Crippen LogP contribution in [0.25, 0.3) is 0 Å². The van der Waals surface area contributed by atoms with Crippen molar-refractivity contribution in [3.8, 4) is 17.2 Å². The maximum absolute atomic E-state index is 9.29. The number of phenols is 2. The minimum Gasteiger partial charge on any atom is -0.508 e.